The molecule has 3 N–H and O–H groups in total. The quantitative estimate of drug-likeness (QED) is 0.249. The number of halogens is 1. The summed E-state index contributed by atoms with van der Waals surface area (Å²) < 4.78 is 6.58. The average molecular weight is 496 g/mol. The van der Waals surface area contributed by atoms with Gasteiger partial charge in [0.25, 0.3) is 5.91 Å². The van der Waals surface area contributed by atoms with Gasteiger partial charge in [0.1, 0.15) is 11.3 Å². The van der Waals surface area contributed by atoms with Gasteiger partial charge < -0.3 is 14.8 Å². The summed E-state index contributed by atoms with van der Waals surface area (Å²) in [6, 6.07) is 15.8. The Morgan fingerprint density at radius 3 is 2.68 bits per heavy atom. The number of benzene rings is 3. The Kier molecular flexibility index (Phi) is 5.75. The summed E-state index contributed by atoms with van der Waals surface area (Å²) in [6.45, 7) is 3.94. The van der Waals surface area contributed by atoms with Gasteiger partial charge in [-0.15, -0.1) is 0 Å². The number of fused-ring (bicyclic) bond motifs is 1. The lowest BCUT2D eigenvalue weighted by Gasteiger charge is -2.11. The highest BCUT2D eigenvalue weighted by atomic mass is 79.9. The van der Waals surface area contributed by atoms with Crippen molar-refractivity contribution in [2.45, 2.75) is 13.8 Å². The third kappa shape index (κ3) is 4.45. The number of aryl methyl sites for hydroxylation is 2. The zero-order valence-corrected chi connectivity index (χ0v) is 19.1. The van der Waals surface area contributed by atoms with E-state index >= 15 is 0 Å². The molecule has 3 aromatic carbocycles. The van der Waals surface area contributed by atoms with E-state index in [-0.39, 0.29) is 16.8 Å². The van der Waals surface area contributed by atoms with Gasteiger partial charge in [-0.05, 0) is 89.5 Å². The van der Waals surface area contributed by atoms with Gasteiger partial charge in [0.05, 0.1) is 11.1 Å². The fourth-order valence-corrected chi connectivity index (χ4v) is 3.93. The monoisotopic (exact) mass is 495 g/mol. The standard InChI is InChI=1S/C23H18BrN3O3S/c1-12-9-13(2)20-18(10-12)26-22(30-20)16-11-14(7-8-19(16)28)25-23(31)27-21(29)15-5-3-4-6-17(15)24/h3-11,28H,1-2H3,(H2,25,27,29,31). The molecular weight excluding hydrogens is 478 g/mol. The molecule has 1 amide bonds. The van der Waals surface area contributed by atoms with Crippen molar-refractivity contribution >= 4 is 56.0 Å². The predicted molar refractivity (Wildman–Crippen MR) is 128 cm³/mol. The molecule has 0 aliphatic heterocycles. The van der Waals surface area contributed by atoms with Crippen LogP contribution in [-0.4, -0.2) is 21.1 Å². The van der Waals surface area contributed by atoms with Crippen molar-refractivity contribution in [2.75, 3.05) is 5.32 Å². The third-order valence-corrected chi connectivity index (χ3v) is 5.55. The van der Waals surface area contributed by atoms with Crippen LogP contribution in [0.4, 0.5) is 5.69 Å². The van der Waals surface area contributed by atoms with Crippen LogP contribution in [-0.2, 0) is 0 Å². The molecule has 4 rings (SSSR count). The molecule has 156 valence electrons. The molecular formula is C23H18BrN3O3S. The Labute approximate surface area is 192 Å². The number of aromatic nitrogens is 1. The number of thiocarbonyl (C=S) groups is 1. The van der Waals surface area contributed by atoms with E-state index in [0.717, 1.165) is 16.6 Å². The van der Waals surface area contributed by atoms with E-state index < -0.39 is 0 Å². The molecule has 31 heavy (non-hydrogen) atoms. The predicted octanol–water partition coefficient (Wildman–Crippen LogP) is 5.71. The van der Waals surface area contributed by atoms with Crippen molar-refractivity contribution in [3.63, 3.8) is 0 Å². The van der Waals surface area contributed by atoms with Crippen molar-refractivity contribution in [2.24, 2.45) is 0 Å². The number of carbonyl (C=O) groups excluding carboxylic acids is 1. The Morgan fingerprint density at radius 1 is 1.13 bits per heavy atom. The second-order valence-electron chi connectivity index (χ2n) is 7.07. The smallest absolute Gasteiger partial charge is 0.258 e. The van der Waals surface area contributed by atoms with Crippen LogP contribution in [0.2, 0.25) is 0 Å². The number of aromatic hydroxyl groups is 1. The molecule has 0 saturated carbocycles. The minimum absolute atomic E-state index is 0.0228. The fraction of sp³-hybridized carbons (Fsp3) is 0.0870. The van der Waals surface area contributed by atoms with Crippen molar-refractivity contribution in [1.82, 2.24) is 10.3 Å². The molecule has 0 radical (unpaired) electrons. The second kappa shape index (κ2) is 8.49. The number of nitrogens with one attached hydrogen (secondary N) is 2. The van der Waals surface area contributed by atoms with E-state index in [1.807, 2.05) is 32.0 Å². The van der Waals surface area contributed by atoms with Crippen LogP contribution in [0.15, 0.2) is 63.5 Å². The number of rotatable bonds is 3. The van der Waals surface area contributed by atoms with Crippen LogP contribution in [0.25, 0.3) is 22.6 Å². The summed E-state index contributed by atoms with van der Waals surface area (Å²) >= 11 is 8.62. The van der Waals surface area contributed by atoms with Gasteiger partial charge in [-0.1, -0.05) is 18.2 Å². The van der Waals surface area contributed by atoms with E-state index in [1.54, 1.807) is 30.3 Å². The van der Waals surface area contributed by atoms with Gasteiger partial charge >= 0.3 is 0 Å². The normalized spacial score (nSPS) is 10.8. The molecule has 8 heteroatoms. The molecule has 0 spiro atoms. The summed E-state index contributed by atoms with van der Waals surface area (Å²) in [5.74, 6) is -0.0172. The molecule has 0 saturated heterocycles. The molecule has 4 aromatic rings. The number of hydrogen-bond acceptors (Lipinski definition) is 5. The maximum atomic E-state index is 12.4. The Balaban J connectivity index is 1.57. The average Bonchev–Trinajstić information content (AvgIpc) is 3.13. The molecule has 0 unspecified atom stereocenters. The van der Waals surface area contributed by atoms with E-state index in [9.17, 15) is 9.90 Å². The van der Waals surface area contributed by atoms with Crippen molar-refractivity contribution in [3.8, 4) is 17.2 Å². The third-order valence-electron chi connectivity index (χ3n) is 4.65. The number of nitrogens with zero attached hydrogens (tertiary/aromatic N) is 1. The molecule has 0 aliphatic rings. The number of hydrogen-bond donors (Lipinski definition) is 3. The van der Waals surface area contributed by atoms with Crippen molar-refractivity contribution < 1.29 is 14.3 Å². The number of anilines is 1. The van der Waals surface area contributed by atoms with Gasteiger partial charge in [-0.3, -0.25) is 10.1 Å². The zero-order valence-electron chi connectivity index (χ0n) is 16.7. The highest BCUT2D eigenvalue weighted by Crippen LogP contribution is 2.34. The van der Waals surface area contributed by atoms with Crippen LogP contribution in [0.1, 0.15) is 21.5 Å². The molecule has 1 aromatic heterocycles. The van der Waals surface area contributed by atoms with E-state index in [0.29, 0.717) is 32.8 Å². The second-order valence-corrected chi connectivity index (χ2v) is 8.33. The number of oxazole rings is 1. The molecule has 0 fully saturated rings. The summed E-state index contributed by atoms with van der Waals surface area (Å²) in [7, 11) is 0. The summed E-state index contributed by atoms with van der Waals surface area (Å²) in [4.78, 5) is 17.0. The first-order valence-corrected chi connectivity index (χ1v) is 10.6. The first kappa shape index (κ1) is 21.0. The van der Waals surface area contributed by atoms with Gasteiger partial charge in [0.2, 0.25) is 5.89 Å². The van der Waals surface area contributed by atoms with E-state index in [1.165, 1.54) is 6.07 Å². The zero-order chi connectivity index (χ0) is 22.1. The molecule has 0 bridgehead atoms. The molecule has 0 atom stereocenters. The van der Waals surface area contributed by atoms with Crippen LogP contribution in [0.3, 0.4) is 0 Å². The maximum absolute atomic E-state index is 12.4. The number of carbonyl (C=O) groups is 1. The van der Waals surface area contributed by atoms with Crippen LogP contribution in [0, 0.1) is 13.8 Å². The van der Waals surface area contributed by atoms with Crippen LogP contribution >= 0.6 is 28.1 Å². The van der Waals surface area contributed by atoms with Crippen LogP contribution < -0.4 is 10.6 Å². The van der Waals surface area contributed by atoms with Gasteiger partial charge in [0.15, 0.2) is 10.7 Å². The maximum Gasteiger partial charge on any atom is 0.258 e. The highest BCUT2D eigenvalue weighted by molar-refractivity contribution is 9.10. The van der Waals surface area contributed by atoms with Crippen molar-refractivity contribution in [1.29, 1.82) is 0 Å². The first-order valence-electron chi connectivity index (χ1n) is 9.40. The van der Waals surface area contributed by atoms with E-state index in [2.05, 4.69) is 31.5 Å². The van der Waals surface area contributed by atoms with Gasteiger partial charge in [0, 0.05) is 10.2 Å². The topological polar surface area (TPSA) is 87.4 Å². The molecule has 0 aliphatic carbocycles. The SMILES string of the molecule is Cc1cc(C)c2oc(-c3cc(NC(=S)NC(=O)c4ccccc4Br)ccc3O)nc2c1. The van der Waals surface area contributed by atoms with Gasteiger partial charge in [-0.25, -0.2) is 4.98 Å². The lowest BCUT2D eigenvalue weighted by molar-refractivity contribution is 0.0977. The lowest BCUT2D eigenvalue weighted by Crippen LogP contribution is -2.34. The summed E-state index contributed by atoms with van der Waals surface area (Å²) in [5.41, 5.74) is 4.90. The fourth-order valence-electron chi connectivity index (χ4n) is 3.26. The lowest BCUT2D eigenvalue weighted by atomic mass is 10.1. The Bertz CT molecular complexity index is 1330. The number of phenolic OH excluding ortho intramolecular Hbond substituents is 1. The Morgan fingerprint density at radius 2 is 1.90 bits per heavy atom. The largest absolute Gasteiger partial charge is 0.507 e. The van der Waals surface area contributed by atoms with Gasteiger partial charge in [-0.2, -0.15) is 0 Å². The number of amides is 1. The molecule has 1 heterocycles. The number of phenols is 1. The minimum atomic E-state index is -0.339. The Hall–Kier alpha value is -3.23. The minimum Gasteiger partial charge on any atom is -0.507 e. The van der Waals surface area contributed by atoms with Crippen LogP contribution in [0.5, 0.6) is 5.75 Å². The summed E-state index contributed by atoms with van der Waals surface area (Å²) in [6.07, 6.45) is 0. The van der Waals surface area contributed by atoms with E-state index in [4.69, 9.17) is 16.6 Å². The van der Waals surface area contributed by atoms with Crippen molar-refractivity contribution in [3.05, 3.63) is 75.8 Å². The first-order chi connectivity index (χ1) is 14.8. The highest BCUT2D eigenvalue weighted by Gasteiger charge is 2.16. The summed E-state index contributed by atoms with van der Waals surface area (Å²) in [5, 5.41) is 16.1. The molecule has 6 nitrogen and oxygen atoms in total.